The molecule has 2 N–H and O–H groups in total. The van der Waals surface area contributed by atoms with Crippen LogP contribution in [0.4, 0.5) is 0 Å². The molecule has 4 nitrogen and oxygen atoms in total. The third-order valence-corrected chi connectivity index (χ3v) is 5.23. The zero-order valence-corrected chi connectivity index (χ0v) is 15.6. The first-order valence-corrected chi connectivity index (χ1v) is 9.13. The van der Waals surface area contributed by atoms with Gasteiger partial charge in [-0.1, -0.05) is 60.6 Å². The second-order valence-electron chi connectivity index (χ2n) is 7.11. The lowest BCUT2D eigenvalue weighted by Gasteiger charge is -2.20. The van der Waals surface area contributed by atoms with Crippen molar-refractivity contribution in [3.05, 3.63) is 95.1 Å². The van der Waals surface area contributed by atoms with E-state index in [1.165, 1.54) is 0 Å². The number of benzene rings is 3. The topological polar surface area (TPSA) is 60.8 Å². The molecule has 3 aromatic rings. The van der Waals surface area contributed by atoms with Gasteiger partial charge >= 0.3 is 0 Å². The SMILES string of the molecule is Bc1cc(O)c(O)c2c1CN(Cc1cccc(C(=O)c3ccccc3)c1)C2=C. The number of rotatable bonds is 4. The average molecular weight is 369 g/mol. The number of fused-ring (bicyclic) bond motifs is 1. The number of phenols is 2. The minimum absolute atomic E-state index is 0.00982. The van der Waals surface area contributed by atoms with Crippen molar-refractivity contribution in [1.29, 1.82) is 0 Å². The smallest absolute Gasteiger partial charge is 0.193 e. The molecule has 0 saturated carbocycles. The summed E-state index contributed by atoms with van der Waals surface area (Å²) in [5.74, 6) is -0.264. The predicted octanol–water partition coefficient (Wildman–Crippen LogP) is 2.57. The van der Waals surface area contributed by atoms with Gasteiger partial charge < -0.3 is 15.1 Å². The largest absolute Gasteiger partial charge is 0.504 e. The zero-order chi connectivity index (χ0) is 19.8. The molecule has 1 heterocycles. The molecular formula is C23H20BNO3. The van der Waals surface area contributed by atoms with E-state index in [1.807, 2.05) is 67.3 Å². The highest BCUT2D eigenvalue weighted by Crippen LogP contribution is 2.41. The Morgan fingerprint density at radius 3 is 2.50 bits per heavy atom. The van der Waals surface area contributed by atoms with Crippen molar-refractivity contribution in [3.8, 4) is 11.5 Å². The van der Waals surface area contributed by atoms with Crippen LogP contribution in [-0.2, 0) is 13.1 Å². The van der Waals surface area contributed by atoms with E-state index in [2.05, 4.69) is 6.58 Å². The summed E-state index contributed by atoms with van der Waals surface area (Å²) in [6.07, 6.45) is 0. The van der Waals surface area contributed by atoms with Crippen LogP contribution in [0, 0.1) is 0 Å². The van der Waals surface area contributed by atoms with E-state index in [-0.39, 0.29) is 17.3 Å². The average Bonchev–Trinajstić information content (AvgIpc) is 3.03. The highest BCUT2D eigenvalue weighted by molar-refractivity contribution is 6.34. The van der Waals surface area contributed by atoms with E-state index in [9.17, 15) is 15.0 Å². The van der Waals surface area contributed by atoms with E-state index in [0.29, 0.717) is 35.5 Å². The van der Waals surface area contributed by atoms with Crippen LogP contribution >= 0.6 is 0 Å². The molecule has 0 saturated heterocycles. The van der Waals surface area contributed by atoms with Gasteiger partial charge in [0.15, 0.2) is 17.3 Å². The van der Waals surface area contributed by atoms with Gasteiger partial charge in [0.25, 0.3) is 0 Å². The molecule has 0 unspecified atom stereocenters. The lowest BCUT2D eigenvalue weighted by Crippen LogP contribution is -2.17. The summed E-state index contributed by atoms with van der Waals surface area (Å²) >= 11 is 0. The van der Waals surface area contributed by atoms with Gasteiger partial charge in [0.05, 0.1) is 0 Å². The Kier molecular flexibility index (Phi) is 4.43. The fourth-order valence-corrected chi connectivity index (χ4v) is 3.73. The number of nitrogens with zero attached hydrogens (tertiary/aromatic N) is 1. The fraction of sp³-hybridized carbons (Fsp3) is 0.0870. The predicted molar refractivity (Wildman–Crippen MR) is 113 cm³/mol. The molecular weight excluding hydrogens is 349 g/mol. The summed E-state index contributed by atoms with van der Waals surface area (Å²) < 4.78 is 0. The second kappa shape index (κ2) is 6.93. The lowest BCUT2D eigenvalue weighted by atomic mass is 9.87. The molecule has 0 aliphatic carbocycles. The van der Waals surface area contributed by atoms with Crippen LogP contribution in [0.5, 0.6) is 11.5 Å². The molecule has 4 rings (SSSR count). The Hall–Kier alpha value is -3.47. The molecule has 0 atom stereocenters. The number of carbonyl (C=O) groups excluding carboxylic acids is 1. The standard InChI is InChI=1S/C23H20BNO3/c1-14-21-18(19(24)11-20(26)23(21)28)13-25(14)12-15-6-5-9-17(10-15)22(27)16-7-3-2-4-8-16/h2-11,26,28H,1,12-13,24H2. The van der Waals surface area contributed by atoms with Crippen LogP contribution in [0.1, 0.15) is 32.6 Å². The first-order chi connectivity index (χ1) is 13.5. The lowest BCUT2D eigenvalue weighted by molar-refractivity contribution is 0.103. The summed E-state index contributed by atoms with van der Waals surface area (Å²) in [5.41, 5.74) is 5.45. The van der Waals surface area contributed by atoms with Crippen LogP contribution in [-0.4, -0.2) is 28.7 Å². The van der Waals surface area contributed by atoms with Gasteiger partial charge in [-0.15, -0.1) is 0 Å². The normalized spacial score (nSPS) is 12.9. The molecule has 0 radical (unpaired) electrons. The molecule has 0 amide bonds. The Bertz CT molecular complexity index is 1090. The third kappa shape index (κ3) is 3.05. The monoisotopic (exact) mass is 369 g/mol. The number of phenolic OH excluding ortho intramolecular Hbond substituents is 2. The molecule has 5 heteroatoms. The highest BCUT2D eigenvalue weighted by Gasteiger charge is 2.28. The van der Waals surface area contributed by atoms with Crippen molar-refractivity contribution in [2.45, 2.75) is 13.1 Å². The summed E-state index contributed by atoms with van der Waals surface area (Å²) in [6, 6.07) is 18.4. The van der Waals surface area contributed by atoms with Gasteiger partial charge in [-0.25, -0.2) is 0 Å². The summed E-state index contributed by atoms with van der Waals surface area (Å²) in [7, 11) is 1.91. The van der Waals surface area contributed by atoms with Crippen LogP contribution < -0.4 is 5.46 Å². The molecule has 1 aliphatic heterocycles. The first-order valence-electron chi connectivity index (χ1n) is 9.13. The summed E-state index contributed by atoms with van der Waals surface area (Å²) in [4.78, 5) is 14.8. The van der Waals surface area contributed by atoms with E-state index >= 15 is 0 Å². The molecule has 0 fully saturated rings. The zero-order valence-electron chi connectivity index (χ0n) is 15.6. The van der Waals surface area contributed by atoms with E-state index in [1.54, 1.807) is 6.07 Å². The van der Waals surface area contributed by atoms with Crippen molar-refractivity contribution in [3.63, 3.8) is 0 Å². The van der Waals surface area contributed by atoms with Crippen molar-refractivity contribution >= 4 is 24.8 Å². The van der Waals surface area contributed by atoms with Gasteiger partial charge in [0, 0.05) is 35.5 Å². The maximum absolute atomic E-state index is 12.7. The molecule has 138 valence electrons. The number of carbonyl (C=O) groups is 1. The van der Waals surface area contributed by atoms with Gasteiger partial charge in [0.2, 0.25) is 0 Å². The molecule has 28 heavy (non-hydrogen) atoms. The Morgan fingerprint density at radius 1 is 1.04 bits per heavy atom. The number of ketones is 1. The van der Waals surface area contributed by atoms with E-state index in [4.69, 9.17) is 0 Å². The molecule has 1 aliphatic rings. The van der Waals surface area contributed by atoms with Crippen LogP contribution in [0.2, 0.25) is 0 Å². The number of aromatic hydroxyl groups is 2. The van der Waals surface area contributed by atoms with Crippen molar-refractivity contribution < 1.29 is 15.0 Å². The minimum Gasteiger partial charge on any atom is -0.504 e. The van der Waals surface area contributed by atoms with Gasteiger partial charge in [-0.3, -0.25) is 4.79 Å². The van der Waals surface area contributed by atoms with Gasteiger partial charge in [-0.2, -0.15) is 0 Å². The molecule has 0 aromatic heterocycles. The molecule has 3 aromatic carbocycles. The Labute approximate surface area is 164 Å². The summed E-state index contributed by atoms with van der Waals surface area (Å²) in [6.45, 7) is 5.27. The van der Waals surface area contributed by atoms with Crippen molar-refractivity contribution in [2.24, 2.45) is 0 Å². The highest BCUT2D eigenvalue weighted by atomic mass is 16.3. The van der Waals surface area contributed by atoms with Crippen LogP contribution in [0.3, 0.4) is 0 Å². The second-order valence-corrected chi connectivity index (χ2v) is 7.11. The number of hydrogen-bond acceptors (Lipinski definition) is 4. The maximum atomic E-state index is 12.7. The van der Waals surface area contributed by atoms with Crippen LogP contribution in [0.25, 0.3) is 5.70 Å². The molecule has 0 bridgehead atoms. The fourth-order valence-electron chi connectivity index (χ4n) is 3.73. The van der Waals surface area contributed by atoms with Crippen molar-refractivity contribution in [1.82, 2.24) is 4.90 Å². The van der Waals surface area contributed by atoms with Gasteiger partial charge in [-0.05, 0) is 23.3 Å². The van der Waals surface area contributed by atoms with Crippen LogP contribution in [0.15, 0.2) is 67.2 Å². The summed E-state index contributed by atoms with van der Waals surface area (Å²) in [5, 5.41) is 20.2. The first kappa shape index (κ1) is 17.9. The minimum atomic E-state index is -0.130. The quantitative estimate of drug-likeness (QED) is 0.422. The molecule has 0 spiro atoms. The Morgan fingerprint density at radius 2 is 1.75 bits per heavy atom. The maximum Gasteiger partial charge on any atom is 0.193 e. The van der Waals surface area contributed by atoms with Gasteiger partial charge in [0.1, 0.15) is 7.85 Å². The Balaban J connectivity index is 1.59. The van der Waals surface area contributed by atoms with E-state index in [0.717, 1.165) is 16.6 Å². The van der Waals surface area contributed by atoms with Crippen molar-refractivity contribution in [2.75, 3.05) is 0 Å². The van der Waals surface area contributed by atoms with E-state index < -0.39 is 0 Å². The number of hydrogen-bond donors (Lipinski definition) is 2. The third-order valence-electron chi connectivity index (χ3n) is 5.23.